The minimum Gasteiger partial charge on any atom is -0.468 e. The number of halogens is 1. The molecule has 1 aromatic carbocycles. The van der Waals surface area contributed by atoms with Gasteiger partial charge in [0.2, 0.25) is 0 Å². The molecule has 0 aliphatic heterocycles. The number of carbonyl (C=O) groups excluding carboxylic acids is 1. The molecule has 4 nitrogen and oxygen atoms in total. The fourth-order valence-corrected chi connectivity index (χ4v) is 2.31. The van der Waals surface area contributed by atoms with E-state index in [-0.39, 0.29) is 12.0 Å². The van der Waals surface area contributed by atoms with Gasteiger partial charge in [0.1, 0.15) is 6.04 Å². The Labute approximate surface area is 120 Å². The van der Waals surface area contributed by atoms with E-state index in [0.29, 0.717) is 6.54 Å². The van der Waals surface area contributed by atoms with E-state index < -0.39 is 0 Å². The molecule has 19 heavy (non-hydrogen) atoms. The Bertz CT molecular complexity index is 601. The predicted molar refractivity (Wildman–Crippen MR) is 77.8 cm³/mol. The predicted octanol–water partition coefficient (Wildman–Crippen LogP) is 2.65. The summed E-state index contributed by atoms with van der Waals surface area (Å²) >= 11 is 3.51. The van der Waals surface area contributed by atoms with E-state index >= 15 is 0 Å². The third-order valence-electron chi connectivity index (χ3n) is 2.95. The number of hydrogen-bond donors (Lipinski definition) is 1. The molecule has 1 atom stereocenters. The number of aromatic nitrogens is 1. The Kier molecular flexibility index (Phi) is 4.50. The van der Waals surface area contributed by atoms with Crippen LogP contribution in [0.1, 0.15) is 12.5 Å². The van der Waals surface area contributed by atoms with E-state index in [0.717, 1.165) is 20.9 Å². The fourth-order valence-electron chi connectivity index (χ4n) is 1.86. The number of nitrogens with zero attached hydrogens (tertiary/aromatic N) is 1. The van der Waals surface area contributed by atoms with Gasteiger partial charge in [0.25, 0.3) is 0 Å². The second-order valence-corrected chi connectivity index (χ2v) is 5.09. The zero-order valence-electron chi connectivity index (χ0n) is 10.8. The molecule has 1 unspecified atom stereocenters. The van der Waals surface area contributed by atoms with Crippen LogP contribution in [0.5, 0.6) is 0 Å². The molecule has 1 aromatic heterocycles. The number of methoxy groups -OCH3 is 1. The van der Waals surface area contributed by atoms with Gasteiger partial charge in [0.15, 0.2) is 0 Å². The molecule has 0 radical (unpaired) electrons. The highest BCUT2D eigenvalue weighted by molar-refractivity contribution is 9.10. The van der Waals surface area contributed by atoms with Gasteiger partial charge in [-0.05, 0) is 24.6 Å². The van der Waals surface area contributed by atoms with Crippen molar-refractivity contribution >= 4 is 32.8 Å². The van der Waals surface area contributed by atoms with E-state index in [4.69, 9.17) is 0 Å². The summed E-state index contributed by atoms with van der Waals surface area (Å²) < 4.78 is 5.70. The van der Waals surface area contributed by atoms with Crippen LogP contribution in [0.4, 0.5) is 0 Å². The van der Waals surface area contributed by atoms with Crippen LogP contribution in [0.3, 0.4) is 0 Å². The van der Waals surface area contributed by atoms with Gasteiger partial charge >= 0.3 is 5.97 Å². The molecule has 2 aromatic rings. The third kappa shape index (κ3) is 3.11. The Balaban J connectivity index is 2.22. The van der Waals surface area contributed by atoms with E-state index in [1.54, 1.807) is 13.1 Å². The molecule has 0 saturated carbocycles. The Hall–Kier alpha value is -1.46. The number of benzene rings is 1. The molecule has 1 heterocycles. The monoisotopic (exact) mass is 322 g/mol. The Morgan fingerprint density at radius 3 is 3.00 bits per heavy atom. The van der Waals surface area contributed by atoms with Crippen LogP contribution in [0.2, 0.25) is 0 Å². The third-order valence-corrected chi connectivity index (χ3v) is 3.64. The van der Waals surface area contributed by atoms with Gasteiger partial charge < -0.3 is 10.1 Å². The van der Waals surface area contributed by atoms with Crippen LogP contribution >= 0.6 is 15.9 Å². The molecule has 0 spiro atoms. The van der Waals surface area contributed by atoms with Gasteiger partial charge in [-0.3, -0.25) is 9.78 Å². The van der Waals surface area contributed by atoms with Crippen molar-refractivity contribution in [3.63, 3.8) is 0 Å². The summed E-state index contributed by atoms with van der Waals surface area (Å²) in [6.45, 7) is 2.34. The fraction of sp³-hybridized carbons (Fsp3) is 0.286. The lowest BCUT2D eigenvalue weighted by Gasteiger charge is -2.13. The van der Waals surface area contributed by atoms with Crippen LogP contribution in [-0.4, -0.2) is 24.1 Å². The van der Waals surface area contributed by atoms with Crippen LogP contribution in [0.25, 0.3) is 10.9 Å². The first-order valence-electron chi connectivity index (χ1n) is 5.97. The van der Waals surface area contributed by atoms with Gasteiger partial charge in [-0.15, -0.1) is 0 Å². The molecule has 0 aliphatic carbocycles. The van der Waals surface area contributed by atoms with Crippen molar-refractivity contribution in [3.8, 4) is 0 Å². The topological polar surface area (TPSA) is 51.2 Å². The summed E-state index contributed by atoms with van der Waals surface area (Å²) in [6.07, 6.45) is 1.77. The standard InChI is InChI=1S/C14H15BrN2O2/c1-9(14(18)19-2)17-8-10-5-6-12(15)11-4-3-7-16-13(10)11/h3-7,9,17H,8H2,1-2H3. The summed E-state index contributed by atoms with van der Waals surface area (Å²) in [5, 5.41) is 4.19. The van der Waals surface area contributed by atoms with Gasteiger partial charge in [-0.2, -0.15) is 0 Å². The summed E-state index contributed by atoms with van der Waals surface area (Å²) in [4.78, 5) is 15.7. The second-order valence-electron chi connectivity index (χ2n) is 4.23. The molecule has 100 valence electrons. The molecule has 5 heteroatoms. The summed E-state index contributed by atoms with van der Waals surface area (Å²) in [5.41, 5.74) is 1.98. The minimum atomic E-state index is -0.340. The van der Waals surface area contributed by atoms with Crippen molar-refractivity contribution in [2.45, 2.75) is 19.5 Å². The van der Waals surface area contributed by atoms with E-state index in [1.165, 1.54) is 7.11 Å². The first-order valence-corrected chi connectivity index (χ1v) is 6.76. The van der Waals surface area contributed by atoms with Crippen molar-refractivity contribution in [2.75, 3.05) is 7.11 Å². The maximum absolute atomic E-state index is 11.3. The smallest absolute Gasteiger partial charge is 0.322 e. The van der Waals surface area contributed by atoms with Crippen molar-refractivity contribution in [1.29, 1.82) is 0 Å². The first kappa shape index (κ1) is 14.0. The van der Waals surface area contributed by atoms with Gasteiger partial charge in [0.05, 0.1) is 12.6 Å². The second kappa shape index (κ2) is 6.12. The van der Waals surface area contributed by atoms with Crippen molar-refractivity contribution < 1.29 is 9.53 Å². The molecule has 0 fully saturated rings. The van der Waals surface area contributed by atoms with Crippen molar-refractivity contribution in [2.24, 2.45) is 0 Å². The highest BCUT2D eigenvalue weighted by atomic mass is 79.9. The van der Waals surface area contributed by atoms with Crippen LogP contribution in [0, 0.1) is 0 Å². The van der Waals surface area contributed by atoms with E-state index in [2.05, 4.69) is 31.0 Å². The maximum atomic E-state index is 11.3. The number of fused-ring (bicyclic) bond motifs is 1. The lowest BCUT2D eigenvalue weighted by Crippen LogP contribution is -2.34. The van der Waals surface area contributed by atoms with Crippen molar-refractivity contribution in [3.05, 3.63) is 40.5 Å². The zero-order chi connectivity index (χ0) is 13.8. The summed E-state index contributed by atoms with van der Waals surface area (Å²) in [5.74, 6) is -0.269. The van der Waals surface area contributed by atoms with E-state index in [1.807, 2.05) is 24.3 Å². The molecule has 0 amide bonds. The quantitative estimate of drug-likeness (QED) is 0.879. The SMILES string of the molecule is COC(=O)C(C)NCc1ccc(Br)c2cccnc12. The molecule has 0 aliphatic rings. The lowest BCUT2D eigenvalue weighted by atomic mass is 10.1. The number of hydrogen-bond acceptors (Lipinski definition) is 4. The average Bonchev–Trinajstić information content (AvgIpc) is 2.45. The van der Waals surface area contributed by atoms with Gasteiger partial charge in [-0.25, -0.2) is 0 Å². The van der Waals surface area contributed by atoms with Crippen LogP contribution in [-0.2, 0) is 16.1 Å². The molecule has 2 rings (SSSR count). The average molecular weight is 323 g/mol. The highest BCUT2D eigenvalue weighted by Crippen LogP contribution is 2.25. The van der Waals surface area contributed by atoms with Gasteiger partial charge in [0, 0.05) is 22.6 Å². The van der Waals surface area contributed by atoms with Gasteiger partial charge in [-0.1, -0.05) is 28.1 Å². The summed E-state index contributed by atoms with van der Waals surface area (Å²) in [7, 11) is 1.39. The molecule has 0 saturated heterocycles. The number of esters is 1. The minimum absolute atomic E-state index is 0.269. The molecule has 0 bridgehead atoms. The zero-order valence-corrected chi connectivity index (χ0v) is 12.4. The Morgan fingerprint density at radius 1 is 1.47 bits per heavy atom. The number of pyridine rings is 1. The number of carbonyl (C=O) groups is 1. The normalized spacial score (nSPS) is 12.4. The highest BCUT2D eigenvalue weighted by Gasteiger charge is 2.13. The lowest BCUT2D eigenvalue weighted by molar-refractivity contribution is -0.142. The van der Waals surface area contributed by atoms with Crippen LogP contribution in [0.15, 0.2) is 34.9 Å². The Morgan fingerprint density at radius 2 is 2.26 bits per heavy atom. The first-order chi connectivity index (χ1) is 9.13. The van der Waals surface area contributed by atoms with Crippen molar-refractivity contribution in [1.82, 2.24) is 10.3 Å². The molecular weight excluding hydrogens is 308 g/mol. The maximum Gasteiger partial charge on any atom is 0.322 e. The largest absolute Gasteiger partial charge is 0.468 e. The molecule has 1 N–H and O–H groups in total. The van der Waals surface area contributed by atoms with Crippen LogP contribution < -0.4 is 5.32 Å². The number of rotatable bonds is 4. The molecular formula is C14H15BrN2O2. The van der Waals surface area contributed by atoms with E-state index in [9.17, 15) is 4.79 Å². The summed E-state index contributed by atoms with van der Waals surface area (Å²) in [6, 6.07) is 7.56. The number of ether oxygens (including phenoxy) is 1. The number of nitrogens with one attached hydrogen (secondary N) is 1.